The van der Waals surface area contributed by atoms with Crippen LogP contribution in [0.2, 0.25) is 0 Å². The third kappa shape index (κ3) is 4.11. The van der Waals surface area contributed by atoms with E-state index in [1.54, 1.807) is 0 Å². The van der Waals surface area contributed by atoms with Gasteiger partial charge in [-0.15, -0.1) is 0 Å². The topological polar surface area (TPSA) is 46.5 Å². The Kier molecular flexibility index (Phi) is 5.61. The first-order valence-corrected chi connectivity index (χ1v) is 6.51. The summed E-state index contributed by atoms with van der Waals surface area (Å²) in [6.07, 6.45) is 3.83. The minimum atomic E-state index is -0.680. The number of carboxylic acids is 1. The summed E-state index contributed by atoms with van der Waals surface area (Å²) in [6.45, 7) is 3.47. The normalized spacial score (nSPS) is 30.7. The summed E-state index contributed by atoms with van der Waals surface area (Å²) in [5.41, 5.74) is 0. The molecule has 0 aromatic heterocycles. The van der Waals surface area contributed by atoms with Crippen molar-refractivity contribution < 1.29 is 14.6 Å². The Balaban J connectivity index is 2.29. The molecule has 3 atom stereocenters. The molecule has 88 valence electrons. The van der Waals surface area contributed by atoms with Gasteiger partial charge in [-0.1, -0.05) is 29.3 Å². The molecule has 1 aliphatic carbocycles. The number of hydrogen-bond acceptors (Lipinski definition) is 2. The van der Waals surface area contributed by atoms with E-state index in [0.29, 0.717) is 11.4 Å². The number of aliphatic carboxylic acids is 1. The van der Waals surface area contributed by atoms with Crippen molar-refractivity contribution in [2.24, 2.45) is 11.8 Å². The molecule has 0 heterocycles. The van der Waals surface area contributed by atoms with Crippen molar-refractivity contribution in [3.05, 3.63) is 0 Å². The van der Waals surface area contributed by atoms with Crippen molar-refractivity contribution in [3.8, 4) is 0 Å². The van der Waals surface area contributed by atoms with Crippen LogP contribution in [0.15, 0.2) is 0 Å². The minimum Gasteiger partial charge on any atom is -0.481 e. The Bertz CT molecular complexity index is 208. The predicted octanol–water partition coefficient (Wildman–Crippen LogP) is 2.68. The maximum atomic E-state index is 11.0. The van der Waals surface area contributed by atoms with Crippen LogP contribution in [0.4, 0.5) is 0 Å². The van der Waals surface area contributed by atoms with Gasteiger partial charge in [0.05, 0.1) is 12.5 Å². The smallest absolute Gasteiger partial charge is 0.306 e. The molecular weight excluding hydrogens is 260 g/mol. The molecule has 0 spiro atoms. The Labute approximate surface area is 99.3 Å². The van der Waals surface area contributed by atoms with Crippen LogP contribution in [-0.4, -0.2) is 29.1 Å². The molecule has 0 radical (unpaired) electrons. The van der Waals surface area contributed by atoms with Crippen LogP contribution in [-0.2, 0) is 9.53 Å². The van der Waals surface area contributed by atoms with Gasteiger partial charge in [-0.2, -0.15) is 0 Å². The zero-order valence-electron chi connectivity index (χ0n) is 9.12. The molecule has 0 saturated heterocycles. The standard InChI is InChI=1S/C11H19BrO3/c1-2-3-4-15-7-8-5-9(12)6-10(8)11(13)14/h8-10H,2-7H2,1H3,(H,13,14)/t8-,9+,10+/m1/s1. The molecule has 0 amide bonds. The van der Waals surface area contributed by atoms with Crippen molar-refractivity contribution in [2.75, 3.05) is 13.2 Å². The summed E-state index contributed by atoms with van der Waals surface area (Å²) < 4.78 is 5.50. The predicted molar refractivity (Wildman–Crippen MR) is 62.3 cm³/mol. The fourth-order valence-corrected chi connectivity index (χ4v) is 2.91. The second kappa shape index (κ2) is 6.48. The van der Waals surface area contributed by atoms with Gasteiger partial charge < -0.3 is 9.84 Å². The van der Waals surface area contributed by atoms with Gasteiger partial charge in [0.1, 0.15) is 0 Å². The first-order chi connectivity index (χ1) is 7.15. The summed E-state index contributed by atoms with van der Waals surface area (Å²) in [5, 5.41) is 9.03. The summed E-state index contributed by atoms with van der Waals surface area (Å²) >= 11 is 3.49. The van der Waals surface area contributed by atoms with Crippen LogP contribution in [0.25, 0.3) is 0 Å². The largest absolute Gasteiger partial charge is 0.481 e. The third-order valence-corrected chi connectivity index (χ3v) is 3.68. The maximum absolute atomic E-state index is 11.0. The van der Waals surface area contributed by atoms with E-state index in [9.17, 15) is 4.79 Å². The summed E-state index contributed by atoms with van der Waals surface area (Å²) in [5.74, 6) is -0.722. The summed E-state index contributed by atoms with van der Waals surface area (Å²) in [4.78, 5) is 11.3. The number of unbranched alkanes of at least 4 members (excludes halogenated alkanes) is 1. The van der Waals surface area contributed by atoms with E-state index in [-0.39, 0.29) is 11.8 Å². The highest BCUT2D eigenvalue weighted by Crippen LogP contribution is 2.36. The fraction of sp³-hybridized carbons (Fsp3) is 0.909. The number of alkyl halides is 1. The Morgan fingerprint density at radius 3 is 2.87 bits per heavy atom. The van der Waals surface area contributed by atoms with Gasteiger partial charge in [0.25, 0.3) is 0 Å². The lowest BCUT2D eigenvalue weighted by Crippen LogP contribution is -2.22. The van der Waals surface area contributed by atoms with Crippen molar-refractivity contribution in [2.45, 2.75) is 37.4 Å². The van der Waals surface area contributed by atoms with Gasteiger partial charge in [-0.05, 0) is 25.2 Å². The second-order valence-corrected chi connectivity index (χ2v) is 5.50. The molecule has 1 saturated carbocycles. The van der Waals surface area contributed by atoms with E-state index in [2.05, 4.69) is 22.9 Å². The molecule has 0 aromatic rings. The highest BCUT2D eigenvalue weighted by atomic mass is 79.9. The van der Waals surface area contributed by atoms with Gasteiger partial charge in [-0.25, -0.2) is 0 Å². The number of carbonyl (C=O) groups is 1. The average molecular weight is 279 g/mol. The van der Waals surface area contributed by atoms with E-state index in [1.165, 1.54) is 0 Å². The quantitative estimate of drug-likeness (QED) is 0.600. The Hall–Kier alpha value is -0.0900. The molecule has 4 heteroatoms. The summed E-state index contributed by atoms with van der Waals surface area (Å²) in [7, 11) is 0. The molecule has 1 rings (SSSR count). The Morgan fingerprint density at radius 2 is 2.27 bits per heavy atom. The van der Waals surface area contributed by atoms with Crippen LogP contribution >= 0.6 is 15.9 Å². The SMILES string of the molecule is CCCCOC[C@H]1C[C@H](Br)C[C@@H]1C(=O)O. The van der Waals surface area contributed by atoms with Gasteiger partial charge >= 0.3 is 5.97 Å². The average Bonchev–Trinajstić information content (AvgIpc) is 2.55. The second-order valence-electron chi connectivity index (χ2n) is 4.20. The molecule has 0 bridgehead atoms. The van der Waals surface area contributed by atoms with Crippen molar-refractivity contribution in [1.82, 2.24) is 0 Å². The van der Waals surface area contributed by atoms with E-state index in [1.807, 2.05) is 0 Å². The molecule has 1 aliphatic rings. The maximum Gasteiger partial charge on any atom is 0.306 e. The molecule has 3 nitrogen and oxygen atoms in total. The molecule has 0 unspecified atom stereocenters. The van der Waals surface area contributed by atoms with Crippen LogP contribution in [0, 0.1) is 11.8 Å². The fourth-order valence-electron chi connectivity index (χ4n) is 2.02. The van der Waals surface area contributed by atoms with Crippen molar-refractivity contribution in [3.63, 3.8) is 0 Å². The first kappa shape index (κ1) is 13.0. The van der Waals surface area contributed by atoms with Gasteiger partial charge in [-0.3, -0.25) is 4.79 Å². The first-order valence-electron chi connectivity index (χ1n) is 5.59. The monoisotopic (exact) mass is 278 g/mol. The van der Waals surface area contributed by atoms with E-state index in [0.717, 1.165) is 32.3 Å². The van der Waals surface area contributed by atoms with Crippen LogP contribution in [0.3, 0.4) is 0 Å². The van der Waals surface area contributed by atoms with Crippen molar-refractivity contribution in [1.29, 1.82) is 0 Å². The molecular formula is C11H19BrO3. The zero-order chi connectivity index (χ0) is 11.3. The lowest BCUT2D eigenvalue weighted by Gasteiger charge is -2.15. The van der Waals surface area contributed by atoms with Crippen molar-refractivity contribution >= 4 is 21.9 Å². The third-order valence-electron chi connectivity index (χ3n) is 2.93. The van der Waals surface area contributed by atoms with Gasteiger partial charge in [0.15, 0.2) is 0 Å². The lowest BCUT2D eigenvalue weighted by molar-refractivity contribution is -0.143. The zero-order valence-corrected chi connectivity index (χ0v) is 10.7. The van der Waals surface area contributed by atoms with E-state index >= 15 is 0 Å². The number of hydrogen-bond donors (Lipinski definition) is 1. The molecule has 0 aromatic carbocycles. The van der Waals surface area contributed by atoms with Crippen LogP contribution in [0.5, 0.6) is 0 Å². The molecule has 15 heavy (non-hydrogen) atoms. The highest BCUT2D eigenvalue weighted by molar-refractivity contribution is 9.09. The molecule has 1 N–H and O–H groups in total. The summed E-state index contributed by atoms with van der Waals surface area (Å²) in [6, 6.07) is 0. The number of halogens is 1. The van der Waals surface area contributed by atoms with Crippen LogP contribution in [0.1, 0.15) is 32.6 Å². The number of rotatable bonds is 6. The molecule has 1 fully saturated rings. The highest BCUT2D eigenvalue weighted by Gasteiger charge is 2.37. The van der Waals surface area contributed by atoms with E-state index in [4.69, 9.17) is 9.84 Å². The number of carboxylic acid groups (broad SMARTS) is 1. The minimum absolute atomic E-state index is 0.184. The molecule has 0 aliphatic heterocycles. The van der Waals surface area contributed by atoms with Gasteiger partial charge in [0.2, 0.25) is 0 Å². The van der Waals surface area contributed by atoms with E-state index < -0.39 is 5.97 Å². The lowest BCUT2D eigenvalue weighted by atomic mass is 9.97. The number of ether oxygens (including phenoxy) is 1. The van der Waals surface area contributed by atoms with Gasteiger partial charge in [0, 0.05) is 11.4 Å². The van der Waals surface area contributed by atoms with Crippen LogP contribution < -0.4 is 0 Å². The Morgan fingerprint density at radius 1 is 1.53 bits per heavy atom.